The second kappa shape index (κ2) is 6.12. The van der Waals surface area contributed by atoms with Crippen LogP contribution in [0.1, 0.15) is 46.5 Å². The summed E-state index contributed by atoms with van der Waals surface area (Å²) in [6.45, 7) is 5.14. The molecule has 0 aromatic heterocycles. The average Bonchev–Trinajstić information content (AvgIpc) is 2.27. The van der Waals surface area contributed by atoms with Crippen molar-refractivity contribution >= 4 is 17.5 Å². The van der Waals surface area contributed by atoms with Gasteiger partial charge in [-0.2, -0.15) is 0 Å². The molecular weight excluding hydrogens is 232 g/mol. The molecule has 0 heterocycles. The van der Waals surface area contributed by atoms with E-state index < -0.39 is 11.9 Å². The topological polar surface area (TPSA) is 71.4 Å². The van der Waals surface area contributed by atoms with Crippen molar-refractivity contribution in [3.8, 4) is 0 Å². The number of carboxylic acid groups (broad SMARTS) is 1. The molecular formula is C14H22O4. The van der Waals surface area contributed by atoms with E-state index in [9.17, 15) is 14.4 Å². The maximum absolute atomic E-state index is 12.3. The van der Waals surface area contributed by atoms with E-state index in [4.69, 9.17) is 5.11 Å². The van der Waals surface area contributed by atoms with Crippen molar-refractivity contribution in [1.82, 2.24) is 0 Å². The Morgan fingerprint density at radius 3 is 2.50 bits per heavy atom. The summed E-state index contributed by atoms with van der Waals surface area (Å²) in [7, 11) is 0. The van der Waals surface area contributed by atoms with E-state index in [1.165, 1.54) is 6.92 Å². The molecule has 1 aliphatic carbocycles. The largest absolute Gasteiger partial charge is 0.481 e. The van der Waals surface area contributed by atoms with Crippen molar-refractivity contribution in [3.05, 3.63) is 0 Å². The first-order chi connectivity index (χ1) is 8.34. The Hall–Kier alpha value is -1.19. The van der Waals surface area contributed by atoms with Gasteiger partial charge in [0.1, 0.15) is 11.6 Å². The lowest BCUT2D eigenvalue weighted by Gasteiger charge is -2.34. The van der Waals surface area contributed by atoms with Crippen molar-refractivity contribution in [2.45, 2.75) is 46.5 Å². The van der Waals surface area contributed by atoms with E-state index >= 15 is 0 Å². The molecule has 102 valence electrons. The zero-order valence-electron chi connectivity index (χ0n) is 11.3. The minimum absolute atomic E-state index is 0.0462. The first-order valence-corrected chi connectivity index (χ1v) is 6.60. The predicted molar refractivity (Wildman–Crippen MR) is 67.1 cm³/mol. The Kier molecular flexibility index (Phi) is 5.05. The minimum Gasteiger partial charge on any atom is -0.481 e. The van der Waals surface area contributed by atoms with Gasteiger partial charge >= 0.3 is 5.97 Å². The van der Waals surface area contributed by atoms with Gasteiger partial charge in [-0.1, -0.05) is 13.8 Å². The van der Waals surface area contributed by atoms with Crippen LogP contribution >= 0.6 is 0 Å². The van der Waals surface area contributed by atoms with Crippen LogP contribution in [0, 0.1) is 23.7 Å². The number of aliphatic carboxylic acids is 1. The average molecular weight is 254 g/mol. The van der Waals surface area contributed by atoms with Gasteiger partial charge in [-0.25, -0.2) is 0 Å². The van der Waals surface area contributed by atoms with Gasteiger partial charge in [0.05, 0.1) is 5.92 Å². The van der Waals surface area contributed by atoms with Crippen LogP contribution in [-0.4, -0.2) is 22.6 Å². The SMILES string of the molecule is CC(=O)CC[C@@H]1C(=O)[C@H]([C@@H](C)C(=O)O)CC[C@H]1C. The van der Waals surface area contributed by atoms with Crippen LogP contribution in [-0.2, 0) is 14.4 Å². The van der Waals surface area contributed by atoms with Gasteiger partial charge in [0.25, 0.3) is 0 Å². The molecule has 0 spiro atoms. The van der Waals surface area contributed by atoms with Crippen molar-refractivity contribution in [3.63, 3.8) is 0 Å². The Balaban J connectivity index is 2.73. The molecule has 0 bridgehead atoms. The number of hydrogen-bond acceptors (Lipinski definition) is 3. The number of carbonyl (C=O) groups is 3. The first kappa shape index (κ1) is 14.9. The molecule has 1 N–H and O–H groups in total. The molecule has 1 rings (SSSR count). The van der Waals surface area contributed by atoms with Crippen LogP contribution < -0.4 is 0 Å². The molecule has 1 saturated carbocycles. The number of hydrogen-bond donors (Lipinski definition) is 1. The summed E-state index contributed by atoms with van der Waals surface area (Å²) >= 11 is 0. The molecule has 0 aromatic carbocycles. The summed E-state index contributed by atoms with van der Waals surface area (Å²) in [5.74, 6) is -1.66. The maximum atomic E-state index is 12.3. The summed E-state index contributed by atoms with van der Waals surface area (Å²) in [4.78, 5) is 34.3. The third-order valence-corrected chi connectivity index (χ3v) is 4.15. The Morgan fingerprint density at radius 2 is 2.00 bits per heavy atom. The highest BCUT2D eigenvalue weighted by Crippen LogP contribution is 2.37. The lowest BCUT2D eigenvalue weighted by molar-refractivity contribution is -0.149. The molecule has 1 aliphatic rings. The van der Waals surface area contributed by atoms with Gasteiger partial charge in [-0.15, -0.1) is 0 Å². The highest BCUT2D eigenvalue weighted by Gasteiger charge is 2.40. The number of carboxylic acids is 1. The fraction of sp³-hybridized carbons (Fsp3) is 0.786. The van der Waals surface area contributed by atoms with Gasteiger partial charge in [0.2, 0.25) is 0 Å². The fourth-order valence-corrected chi connectivity index (χ4v) is 2.80. The van der Waals surface area contributed by atoms with Gasteiger partial charge in [0.15, 0.2) is 0 Å². The highest BCUT2D eigenvalue weighted by molar-refractivity contribution is 5.89. The zero-order valence-corrected chi connectivity index (χ0v) is 11.3. The van der Waals surface area contributed by atoms with E-state index in [1.807, 2.05) is 6.92 Å². The van der Waals surface area contributed by atoms with Crippen LogP contribution in [0.25, 0.3) is 0 Å². The molecule has 0 aliphatic heterocycles. The fourth-order valence-electron chi connectivity index (χ4n) is 2.80. The van der Waals surface area contributed by atoms with E-state index in [1.54, 1.807) is 6.92 Å². The Bertz CT molecular complexity index is 348. The predicted octanol–water partition coefficient (Wildman–Crippen LogP) is 2.31. The van der Waals surface area contributed by atoms with Crippen molar-refractivity contribution < 1.29 is 19.5 Å². The summed E-state index contributed by atoms with van der Waals surface area (Å²) in [6, 6.07) is 0. The van der Waals surface area contributed by atoms with Crippen LogP contribution in [0.15, 0.2) is 0 Å². The van der Waals surface area contributed by atoms with Gasteiger partial charge in [0, 0.05) is 18.3 Å². The first-order valence-electron chi connectivity index (χ1n) is 6.60. The standard InChI is InChI=1S/C14H22O4/c1-8-4-6-12(10(3)14(17)18)13(16)11(8)7-5-9(2)15/h8,10-12H,4-7H2,1-3H3,(H,17,18)/t8-,10-,11+,12+/m1/s1. The molecule has 0 unspecified atom stereocenters. The number of rotatable bonds is 5. The third-order valence-electron chi connectivity index (χ3n) is 4.15. The number of carbonyl (C=O) groups excluding carboxylic acids is 2. The van der Waals surface area contributed by atoms with Crippen LogP contribution in [0.5, 0.6) is 0 Å². The quantitative estimate of drug-likeness (QED) is 0.817. The number of ketones is 2. The molecule has 0 amide bonds. The highest BCUT2D eigenvalue weighted by atomic mass is 16.4. The van der Waals surface area contributed by atoms with Gasteiger partial charge < -0.3 is 9.90 Å². The zero-order chi connectivity index (χ0) is 13.9. The second-order valence-electron chi connectivity index (χ2n) is 5.54. The summed E-state index contributed by atoms with van der Waals surface area (Å²) in [5.41, 5.74) is 0. The molecule has 0 aromatic rings. The summed E-state index contributed by atoms with van der Waals surface area (Å²) in [5, 5.41) is 9.02. The summed E-state index contributed by atoms with van der Waals surface area (Å²) < 4.78 is 0. The van der Waals surface area contributed by atoms with E-state index in [-0.39, 0.29) is 29.3 Å². The maximum Gasteiger partial charge on any atom is 0.306 e. The van der Waals surface area contributed by atoms with E-state index in [2.05, 4.69) is 0 Å². The minimum atomic E-state index is -0.909. The molecule has 0 saturated heterocycles. The molecule has 4 heteroatoms. The molecule has 4 atom stereocenters. The molecule has 4 nitrogen and oxygen atoms in total. The van der Waals surface area contributed by atoms with E-state index in [0.29, 0.717) is 19.3 Å². The van der Waals surface area contributed by atoms with Gasteiger partial charge in [-0.05, 0) is 32.1 Å². The summed E-state index contributed by atoms with van der Waals surface area (Å²) in [6.07, 6.45) is 2.51. The number of Topliss-reactive ketones (excluding diaryl/α,β-unsaturated/α-hetero) is 2. The van der Waals surface area contributed by atoms with Crippen LogP contribution in [0.3, 0.4) is 0 Å². The van der Waals surface area contributed by atoms with E-state index in [0.717, 1.165) is 6.42 Å². The van der Waals surface area contributed by atoms with Crippen molar-refractivity contribution in [1.29, 1.82) is 0 Å². The smallest absolute Gasteiger partial charge is 0.306 e. The lowest BCUT2D eigenvalue weighted by atomic mass is 9.68. The van der Waals surface area contributed by atoms with Crippen LogP contribution in [0.4, 0.5) is 0 Å². The Morgan fingerprint density at radius 1 is 1.39 bits per heavy atom. The molecule has 18 heavy (non-hydrogen) atoms. The monoisotopic (exact) mass is 254 g/mol. The van der Waals surface area contributed by atoms with Crippen LogP contribution in [0.2, 0.25) is 0 Å². The normalized spacial score (nSPS) is 29.9. The molecule has 0 radical (unpaired) electrons. The van der Waals surface area contributed by atoms with Gasteiger partial charge in [-0.3, -0.25) is 9.59 Å². The lowest BCUT2D eigenvalue weighted by Crippen LogP contribution is -2.39. The second-order valence-corrected chi connectivity index (χ2v) is 5.54. The Labute approximate surface area is 108 Å². The third kappa shape index (κ3) is 3.40. The van der Waals surface area contributed by atoms with Crippen molar-refractivity contribution in [2.24, 2.45) is 23.7 Å². The van der Waals surface area contributed by atoms with Crippen molar-refractivity contribution in [2.75, 3.05) is 0 Å². The molecule has 1 fully saturated rings.